The van der Waals surface area contributed by atoms with Crippen LogP contribution >= 0.6 is 0 Å². The summed E-state index contributed by atoms with van der Waals surface area (Å²) in [6.07, 6.45) is 6.35. The molecular formula is C20H19N5O3. The van der Waals surface area contributed by atoms with E-state index in [1.54, 1.807) is 47.6 Å². The highest BCUT2D eigenvalue weighted by molar-refractivity contribution is 6.03. The van der Waals surface area contributed by atoms with Crippen molar-refractivity contribution >= 4 is 23.3 Å². The summed E-state index contributed by atoms with van der Waals surface area (Å²) in [5.41, 5.74) is 1.43. The summed E-state index contributed by atoms with van der Waals surface area (Å²) < 4.78 is 5.18. The van der Waals surface area contributed by atoms with Gasteiger partial charge in [-0.2, -0.15) is 0 Å². The molecule has 1 N–H and O–H groups in total. The zero-order valence-corrected chi connectivity index (χ0v) is 15.1. The fourth-order valence-corrected chi connectivity index (χ4v) is 3.06. The van der Waals surface area contributed by atoms with E-state index in [1.165, 1.54) is 12.5 Å². The summed E-state index contributed by atoms with van der Waals surface area (Å²) in [6.45, 7) is 2.63. The van der Waals surface area contributed by atoms with Crippen molar-refractivity contribution < 1.29 is 14.0 Å². The first-order valence-electron chi connectivity index (χ1n) is 8.96. The summed E-state index contributed by atoms with van der Waals surface area (Å²) in [5, 5.41) is 2.75. The van der Waals surface area contributed by atoms with Crippen LogP contribution in [-0.2, 0) is 0 Å². The van der Waals surface area contributed by atoms with E-state index in [2.05, 4.69) is 20.2 Å². The third-order valence-electron chi connectivity index (χ3n) is 4.58. The summed E-state index contributed by atoms with van der Waals surface area (Å²) >= 11 is 0. The second-order valence-electron chi connectivity index (χ2n) is 6.35. The number of furan rings is 1. The molecule has 1 fully saturated rings. The van der Waals surface area contributed by atoms with Gasteiger partial charge in [0.2, 0.25) is 0 Å². The Bertz CT molecular complexity index is 934. The number of hydrogen-bond acceptors (Lipinski definition) is 6. The third kappa shape index (κ3) is 3.85. The summed E-state index contributed by atoms with van der Waals surface area (Å²) in [5.74, 6) is 0.503. The molecule has 28 heavy (non-hydrogen) atoms. The Kier molecular flexibility index (Phi) is 5.01. The van der Waals surface area contributed by atoms with E-state index >= 15 is 0 Å². The maximum atomic E-state index is 12.3. The molecule has 3 aromatic heterocycles. The lowest BCUT2D eigenvalue weighted by molar-refractivity contribution is 0.0714. The highest BCUT2D eigenvalue weighted by Gasteiger charge is 2.24. The maximum Gasteiger partial charge on any atom is 0.289 e. The van der Waals surface area contributed by atoms with Gasteiger partial charge in [-0.3, -0.25) is 14.6 Å². The number of pyridine rings is 2. The van der Waals surface area contributed by atoms with Crippen LogP contribution in [0, 0.1) is 0 Å². The molecule has 0 aliphatic carbocycles. The molecule has 8 nitrogen and oxygen atoms in total. The van der Waals surface area contributed by atoms with Crippen LogP contribution in [0.4, 0.5) is 11.5 Å². The first kappa shape index (κ1) is 17.7. The molecule has 4 heterocycles. The molecule has 1 aliphatic rings. The van der Waals surface area contributed by atoms with Crippen LogP contribution in [-0.4, -0.2) is 52.9 Å². The van der Waals surface area contributed by atoms with Crippen LogP contribution < -0.4 is 10.2 Å². The van der Waals surface area contributed by atoms with Crippen LogP contribution in [0.15, 0.2) is 65.7 Å². The smallest absolute Gasteiger partial charge is 0.289 e. The highest BCUT2D eigenvalue weighted by Crippen LogP contribution is 2.18. The van der Waals surface area contributed by atoms with Crippen LogP contribution in [0.3, 0.4) is 0 Å². The van der Waals surface area contributed by atoms with Gasteiger partial charge >= 0.3 is 0 Å². The van der Waals surface area contributed by atoms with Gasteiger partial charge in [0, 0.05) is 38.6 Å². The fourth-order valence-electron chi connectivity index (χ4n) is 3.06. The largest absolute Gasteiger partial charge is 0.459 e. The zero-order valence-electron chi connectivity index (χ0n) is 15.1. The monoisotopic (exact) mass is 377 g/mol. The van der Waals surface area contributed by atoms with Gasteiger partial charge in [0.05, 0.1) is 23.7 Å². The molecule has 0 radical (unpaired) electrons. The molecule has 1 saturated heterocycles. The Morgan fingerprint density at radius 1 is 1.00 bits per heavy atom. The van der Waals surface area contributed by atoms with E-state index < -0.39 is 0 Å². The molecule has 0 unspecified atom stereocenters. The third-order valence-corrected chi connectivity index (χ3v) is 4.58. The molecule has 142 valence electrons. The van der Waals surface area contributed by atoms with Crippen LogP contribution in [0.1, 0.15) is 20.9 Å². The van der Waals surface area contributed by atoms with Gasteiger partial charge in [-0.25, -0.2) is 4.98 Å². The topological polar surface area (TPSA) is 91.6 Å². The van der Waals surface area contributed by atoms with Crippen molar-refractivity contribution in [1.82, 2.24) is 14.9 Å². The summed E-state index contributed by atoms with van der Waals surface area (Å²) in [6, 6.07) is 10.5. The Labute approximate surface area is 161 Å². The number of aromatic nitrogens is 2. The number of amides is 2. The lowest BCUT2D eigenvalue weighted by Crippen LogP contribution is -2.48. The lowest BCUT2D eigenvalue weighted by Gasteiger charge is -2.35. The molecule has 0 bridgehead atoms. The minimum atomic E-state index is -0.251. The lowest BCUT2D eigenvalue weighted by atomic mass is 10.2. The molecule has 0 spiro atoms. The van der Waals surface area contributed by atoms with Gasteiger partial charge in [0.1, 0.15) is 5.82 Å². The first-order valence-corrected chi connectivity index (χ1v) is 8.96. The minimum absolute atomic E-state index is 0.0868. The zero-order chi connectivity index (χ0) is 19.3. The van der Waals surface area contributed by atoms with E-state index in [1.807, 2.05) is 6.07 Å². The quantitative estimate of drug-likeness (QED) is 0.750. The van der Waals surface area contributed by atoms with Crippen LogP contribution in [0.5, 0.6) is 0 Å². The Morgan fingerprint density at radius 2 is 1.86 bits per heavy atom. The standard InChI is InChI=1S/C20H19N5O3/c26-19(15-3-1-7-21-13-15)23-18-6-5-16(14-22-18)24-8-10-25(11-9-24)20(27)17-4-2-12-28-17/h1-7,12-14H,8-11H2,(H,22,23,26). The Morgan fingerprint density at radius 3 is 2.50 bits per heavy atom. The average molecular weight is 377 g/mol. The van der Waals surface area contributed by atoms with Gasteiger partial charge in [0.25, 0.3) is 11.8 Å². The first-order chi connectivity index (χ1) is 13.7. The minimum Gasteiger partial charge on any atom is -0.459 e. The van der Waals surface area contributed by atoms with Gasteiger partial charge < -0.3 is 19.5 Å². The fraction of sp³-hybridized carbons (Fsp3) is 0.200. The van der Waals surface area contributed by atoms with Crippen LogP contribution in [0.2, 0.25) is 0 Å². The number of carbonyl (C=O) groups is 2. The van der Waals surface area contributed by atoms with Crippen molar-refractivity contribution in [1.29, 1.82) is 0 Å². The molecule has 4 rings (SSSR count). The van der Waals surface area contributed by atoms with Crippen molar-refractivity contribution in [2.24, 2.45) is 0 Å². The van der Waals surface area contributed by atoms with E-state index in [0.29, 0.717) is 43.3 Å². The van der Waals surface area contributed by atoms with Gasteiger partial charge in [-0.05, 0) is 36.4 Å². The van der Waals surface area contributed by atoms with Gasteiger partial charge in [-0.1, -0.05) is 0 Å². The maximum absolute atomic E-state index is 12.3. The number of piperazine rings is 1. The normalized spacial score (nSPS) is 14.0. The Hall–Kier alpha value is -3.68. The van der Waals surface area contributed by atoms with Crippen molar-refractivity contribution in [3.05, 3.63) is 72.6 Å². The van der Waals surface area contributed by atoms with E-state index in [4.69, 9.17) is 4.42 Å². The molecule has 2 amide bonds. The van der Waals surface area contributed by atoms with Crippen LogP contribution in [0.25, 0.3) is 0 Å². The van der Waals surface area contributed by atoms with Crippen molar-refractivity contribution in [2.75, 3.05) is 36.4 Å². The van der Waals surface area contributed by atoms with Crippen molar-refractivity contribution in [3.63, 3.8) is 0 Å². The van der Waals surface area contributed by atoms with Gasteiger partial charge in [0.15, 0.2) is 5.76 Å². The number of rotatable bonds is 4. The van der Waals surface area contributed by atoms with E-state index in [0.717, 1.165) is 5.69 Å². The molecule has 0 saturated carbocycles. The molecule has 0 atom stereocenters. The molecule has 1 aliphatic heterocycles. The van der Waals surface area contributed by atoms with Gasteiger partial charge in [-0.15, -0.1) is 0 Å². The molecule has 3 aromatic rings. The Balaban J connectivity index is 1.33. The van der Waals surface area contributed by atoms with E-state index in [9.17, 15) is 9.59 Å². The van der Waals surface area contributed by atoms with E-state index in [-0.39, 0.29) is 11.8 Å². The van der Waals surface area contributed by atoms with Crippen molar-refractivity contribution in [2.45, 2.75) is 0 Å². The van der Waals surface area contributed by atoms with Crippen molar-refractivity contribution in [3.8, 4) is 0 Å². The number of anilines is 2. The second-order valence-corrected chi connectivity index (χ2v) is 6.35. The molecular weight excluding hydrogens is 358 g/mol. The number of hydrogen-bond donors (Lipinski definition) is 1. The molecule has 0 aromatic carbocycles. The summed E-state index contributed by atoms with van der Waals surface area (Å²) in [4.78, 5) is 36.7. The second kappa shape index (κ2) is 7.91. The highest BCUT2D eigenvalue weighted by atomic mass is 16.3. The number of nitrogens with one attached hydrogen (secondary N) is 1. The molecule has 8 heteroatoms. The predicted molar refractivity (Wildman–Crippen MR) is 103 cm³/mol. The number of carbonyl (C=O) groups excluding carboxylic acids is 2. The SMILES string of the molecule is O=C(Nc1ccc(N2CCN(C(=O)c3ccco3)CC2)cn1)c1cccnc1. The summed E-state index contributed by atoms with van der Waals surface area (Å²) in [7, 11) is 0. The number of nitrogens with zero attached hydrogens (tertiary/aromatic N) is 4. The predicted octanol–water partition coefficient (Wildman–Crippen LogP) is 2.28. The average Bonchev–Trinajstić information content (AvgIpc) is 3.29.